The van der Waals surface area contributed by atoms with Gasteiger partial charge in [0.25, 0.3) is 0 Å². The maximum Gasteiger partial charge on any atom is 0.0420 e. The van der Waals surface area contributed by atoms with Crippen LogP contribution in [0.25, 0.3) is 10.8 Å². The fraction of sp³-hybridized carbons (Fsp3) is 0.375. The van der Waals surface area contributed by atoms with Crippen molar-refractivity contribution in [3.05, 3.63) is 40.9 Å². The molecule has 0 saturated heterocycles. The first-order chi connectivity index (χ1) is 8.76. The monoisotopic (exact) mass is 305 g/mol. The molecule has 0 amide bonds. The molecule has 2 heteroatoms. The summed E-state index contributed by atoms with van der Waals surface area (Å²) in [6, 6.07) is 12.8. The van der Waals surface area contributed by atoms with Gasteiger partial charge in [-0.15, -0.1) is 0 Å². The van der Waals surface area contributed by atoms with E-state index in [4.69, 9.17) is 0 Å². The molecule has 18 heavy (non-hydrogen) atoms. The number of anilines is 1. The van der Waals surface area contributed by atoms with Crippen molar-refractivity contribution in [2.24, 2.45) is 5.92 Å². The van der Waals surface area contributed by atoms with Gasteiger partial charge in [0.05, 0.1) is 0 Å². The van der Waals surface area contributed by atoms with Crippen molar-refractivity contribution in [1.82, 2.24) is 0 Å². The number of nitrogens with one attached hydrogen (secondary N) is 1. The van der Waals surface area contributed by atoms with E-state index in [1.54, 1.807) is 0 Å². The van der Waals surface area contributed by atoms with Gasteiger partial charge >= 0.3 is 0 Å². The van der Waals surface area contributed by atoms with E-state index in [2.05, 4.69) is 71.5 Å². The highest BCUT2D eigenvalue weighted by molar-refractivity contribution is 9.10. The molecule has 2 aromatic rings. The third kappa shape index (κ3) is 2.86. The minimum Gasteiger partial charge on any atom is -0.384 e. The minimum atomic E-state index is 0.757. The lowest BCUT2D eigenvalue weighted by molar-refractivity contribution is 0.519. The van der Waals surface area contributed by atoms with Gasteiger partial charge in [-0.2, -0.15) is 0 Å². The van der Waals surface area contributed by atoms with Crippen LogP contribution in [0.3, 0.4) is 0 Å². The molecule has 2 aromatic carbocycles. The van der Waals surface area contributed by atoms with E-state index in [0.717, 1.165) is 16.9 Å². The van der Waals surface area contributed by atoms with Crippen LogP contribution < -0.4 is 5.32 Å². The molecule has 0 bridgehead atoms. The van der Waals surface area contributed by atoms with Crippen LogP contribution in [0.15, 0.2) is 40.9 Å². The molecular formula is C16H20BrN. The molecule has 0 radical (unpaired) electrons. The number of rotatable bonds is 5. The predicted molar refractivity (Wildman–Crippen MR) is 84.2 cm³/mol. The van der Waals surface area contributed by atoms with Crippen molar-refractivity contribution < 1.29 is 0 Å². The lowest BCUT2D eigenvalue weighted by Gasteiger charge is -2.16. The molecule has 0 atom stereocenters. The van der Waals surface area contributed by atoms with Gasteiger partial charge in [0, 0.05) is 22.1 Å². The van der Waals surface area contributed by atoms with E-state index < -0.39 is 0 Å². The van der Waals surface area contributed by atoms with E-state index >= 15 is 0 Å². The van der Waals surface area contributed by atoms with Crippen molar-refractivity contribution in [1.29, 1.82) is 0 Å². The second-order valence-electron chi connectivity index (χ2n) is 4.70. The molecule has 0 aliphatic rings. The predicted octanol–water partition coefficient (Wildman–Crippen LogP) is 5.45. The normalized spacial score (nSPS) is 11.1. The Morgan fingerprint density at radius 1 is 1.00 bits per heavy atom. The van der Waals surface area contributed by atoms with Crippen LogP contribution in [0.2, 0.25) is 0 Å². The van der Waals surface area contributed by atoms with E-state index in [1.165, 1.54) is 29.3 Å². The van der Waals surface area contributed by atoms with Gasteiger partial charge in [-0.05, 0) is 23.4 Å². The van der Waals surface area contributed by atoms with Gasteiger partial charge in [-0.25, -0.2) is 0 Å². The Bertz CT molecular complexity index is 517. The SMILES string of the molecule is CCC(CC)CNc1ccc(Br)c2ccccc12. The van der Waals surface area contributed by atoms with E-state index in [1.807, 2.05) is 0 Å². The Labute approximate surface area is 118 Å². The topological polar surface area (TPSA) is 12.0 Å². The molecule has 0 unspecified atom stereocenters. The highest BCUT2D eigenvalue weighted by atomic mass is 79.9. The zero-order valence-electron chi connectivity index (χ0n) is 11.0. The third-order valence-electron chi connectivity index (χ3n) is 3.61. The maximum atomic E-state index is 3.61. The van der Waals surface area contributed by atoms with Gasteiger partial charge in [-0.3, -0.25) is 0 Å². The van der Waals surface area contributed by atoms with E-state index in [0.29, 0.717) is 0 Å². The van der Waals surface area contributed by atoms with Crippen molar-refractivity contribution in [2.45, 2.75) is 26.7 Å². The molecular weight excluding hydrogens is 286 g/mol. The molecule has 2 rings (SSSR count). The van der Waals surface area contributed by atoms with Crippen LogP contribution in [-0.4, -0.2) is 6.54 Å². The number of fused-ring (bicyclic) bond motifs is 1. The fourth-order valence-electron chi connectivity index (χ4n) is 2.25. The van der Waals surface area contributed by atoms with Crippen LogP contribution in [0.1, 0.15) is 26.7 Å². The summed E-state index contributed by atoms with van der Waals surface area (Å²) in [5.41, 5.74) is 1.24. The molecule has 1 nitrogen and oxygen atoms in total. The van der Waals surface area contributed by atoms with Crippen LogP contribution in [0, 0.1) is 5.92 Å². The Kier molecular flexibility index (Phi) is 4.65. The van der Waals surface area contributed by atoms with Gasteiger partial charge in [0.2, 0.25) is 0 Å². The molecule has 0 fully saturated rings. The van der Waals surface area contributed by atoms with Crippen molar-refractivity contribution in [3.8, 4) is 0 Å². The molecule has 0 aromatic heterocycles. The van der Waals surface area contributed by atoms with Gasteiger partial charge in [0.15, 0.2) is 0 Å². The van der Waals surface area contributed by atoms with Gasteiger partial charge in [-0.1, -0.05) is 66.9 Å². The molecule has 0 heterocycles. The summed E-state index contributed by atoms with van der Waals surface area (Å²) in [7, 11) is 0. The van der Waals surface area contributed by atoms with Gasteiger partial charge in [0.1, 0.15) is 0 Å². The highest BCUT2D eigenvalue weighted by Gasteiger charge is 2.06. The Morgan fingerprint density at radius 3 is 2.33 bits per heavy atom. The zero-order chi connectivity index (χ0) is 13.0. The average molecular weight is 306 g/mol. The second kappa shape index (κ2) is 6.24. The number of halogens is 1. The summed E-state index contributed by atoms with van der Waals surface area (Å²) < 4.78 is 1.16. The van der Waals surface area contributed by atoms with Crippen LogP contribution in [0.4, 0.5) is 5.69 Å². The average Bonchev–Trinajstić information content (AvgIpc) is 2.42. The van der Waals surface area contributed by atoms with Crippen LogP contribution in [0.5, 0.6) is 0 Å². The number of benzene rings is 2. The Morgan fingerprint density at radius 2 is 1.67 bits per heavy atom. The van der Waals surface area contributed by atoms with Crippen molar-refractivity contribution in [2.75, 3.05) is 11.9 Å². The van der Waals surface area contributed by atoms with Crippen molar-refractivity contribution in [3.63, 3.8) is 0 Å². The summed E-state index contributed by atoms with van der Waals surface area (Å²) in [5.74, 6) is 0.757. The molecule has 0 aliphatic carbocycles. The fourth-order valence-corrected chi connectivity index (χ4v) is 2.73. The minimum absolute atomic E-state index is 0.757. The van der Waals surface area contributed by atoms with Crippen LogP contribution >= 0.6 is 15.9 Å². The summed E-state index contributed by atoms with van der Waals surface area (Å²) in [4.78, 5) is 0. The van der Waals surface area contributed by atoms with Crippen LogP contribution in [-0.2, 0) is 0 Å². The Hall–Kier alpha value is -1.02. The smallest absolute Gasteiger partial charge is 0.0420 e. The lowest BCUT2D eigenvalue weighted by Crippen LogP contribution is -2.12. The zero-order valence-corrected chi connectivity index (χ0v) is 12.6. The first-order valence-electron chi connectivity index (χ1n) is 6.67. The number of hydrogen-bond acceptors (Lipinski definition) is 1. The summed E-state index contributed by atoms with van der Waals surface area (Å²) in [6.45, 7) is 5.57. The largest absolute Gasteiger partial charge is 0.384 e. The summed E-state index contributed by atoms with van der Waals surface area (Å²) in [6.07, 6.45) is 2.47. The van der Waals surface area contributed by atoms with E-state index in [-0.39, 0.29) is 0 Å². The molecule has 1 N–H and O–H groups in total. The summed E-state index contributed by atoms with van der Waals surface area (Å²) in [5, 5.41) is 6.16. The van der Waals surface area contributed by atoms with Gasteiger partial charge < -0.3 is 5.32 Å². The highest BCUT2D eigenvalue weighted by Crippen LogP contribution is 2.30. The maximum absolute atomic E-state index is 3.61. The molecule has 0 aliphatic heterocycles. The first kappa shape index (κ1) is 13.4. The molecule has 0 saturated carbocycles. The molecule has 96 valence electrons. The van der Waals surface area contributed by atoms with E-state index in [9.17, 15) is 0 Å². The lowest BCUT2D eigenvalue weighted by atomic mass is 10.0. The standard InChI is InChI=1S/C16H20BrN/c1-3-12(4-2)11-18-16-10-9-15(17)13-7-5-6-8-14(13)16/h5-10,12,18H,3-4,11H2,1-2H3. The number of hydrogen-bond donors (Lipinski definition) is 1. The third-order valence-corrected chi connectivity index (χ3v) is 4.30. The van der Waals surface area contributed by atoms with Crippen molar-refractivity contribution >= 4 is 32.4 Å². The first-order valence-corrected chi connectivity index (χ1v) is 7.46. The Balaban J connectivity index is 2.26. The second-order valence-corrected chi connectivity index (χ2v) is 5.56. The molecule has 0 spiro atoms. The summed E-state index contributed by atoms with van der Waals surface area (Å²) >= 11 is 3.61. The quantitative estimate of drug-likeness (QED) is 0.774.